The van der Waals surface area contributed by atoms with Crippen LogP contribution in [-0.4, -0.2) is 0 Å². The highest BCUT2D eigenvalue weighted by atomic mass is 14.2. The molecule has 0 aliphatic heterocycles. The van der Waals surface area contributed by atoms with Crippen LogP contribution in [0.3, 0.4) is 0 Å². The largest absolute Gasteiger partial charge is 0.0622 e. The van der Waals surface area contributed by atoms with Crippen LogP contribution in [0.2, 0.25) is 0 Å². The molecule has 0 amide bonds. The second-order valence-electron chi connectivity index (χ2n) is 34.4. The summed E-state index contributed by atoms with van der Waals surface area (Å²) in [6.45, 7) is 17.0. The molecule has 0 heterocycles. The molecule has 0 fully saturated rings. The molecular formula is C134H112. The first-order chi connectivity index (χ1) is 65.7. The van der Waals surface area contributed by atoms with Gasteiger partial charge in [0.05, 0.1) is 0 Å². The monoisotopic (exact) mass is 1720 g/mol. The molecule has 134 heavy (non-hydrogen) atoms. The highest BCUT2D eigenvalue weighted by molar-refractivity contribution is 6.15. The molecule has 0 N–H and O–H groups in total. The molecule has 0 heteroatoms. The van der Waals surface area contributed by atoms with E-state index in [4.69, 9.17) is 0 Å². The molecule has 0 saturated heterocycles. The average molecular weight is 1720 g/mol. The molecule has 0 bridgehead atoms. The maximum absolute atomic E-state index is 2.31. The van der Waals surface area contributed by atoms with Gasteiger partial charge >= 0.3 is 0 Å². The second-order valence-corrected chi connectivity index (χ2v) is 34.4. The lowest BCUT2D eigenvalue weighted by Gasteiger charge is -2.11. The van der Waals surface area contributed by atoms with Crippen molar-refractivity contribution in [2.24, 2.45) is 0 Å². The Morgan fingerprint density at radius 1 is 0.0970 bits per heavy atom. The van der Waals surface area contributed by atoms with Crippen LogP contribution in [0.25, 0.3) is 165 Å². The van der Waals surface area contributed by atoms with E-state index in [2.05, 4.69) is 565 Å². The summed E-state index contributed by atoms with van der Waals surface area (Å²) in [7, 11) is 0. The molecule has 0 aromatic heterocycles. The zero-order chi connectivity index (χ0) is 92.2. The Labute approximate surface area is 792 Å². The minimum Gasteiger partial charge on any atom is -0.0622 e. The van der Waals surface area contributed by atoms with E-state index in [9.17, 15) is 0 Å². The lowest BCUT2D eigenvalue weighted by atomic mass is 9.93. The van der Waals surface area contributed by atoms with E-state index in [1.54, 1.807) is 0 Å². The Kier molecular flexibility index (Phi) is 30.7. The summed E-state index contributed by atoms with van der Waals surface area (Å²) in [4.78, 5) is 0. The van der Waals surface area contributed by atoms with Gasteiger partial charge < -0.3 is 0 Å². The molecule has 23 aromatic rings. The van der Waals surface area contributed by atoms with Crippen molar-refractivity contribution in [2.45, 2.75) is 55.4 Å². The maximum atomic E-state index is 2.31. The van der Waals surface area contributed by atoms with E-state index in [1.807, 2.05) is 24.3 Å². The number of hydrogen-bond acceptors (Lipinski definition) is 0. The van der Waals surface area contributed by atoms with Crippen molar-refractivity contribution in [1.29, 1.82) is 0 Å². The van der Waals surface area contributed by atoms with E-state index in [0.29, 0.717) is 0 Å². The fraction of sp³-hybridized carbons (Fsp3) is 0.0597. The molecule has 0 unspecified atom stereocenters. The van der Waals surface area contributed by atoms with Crippen molar-refractivity contribution in [3.05, 3.63) is 578 Å². The molecule has 0 spiro atoms. The zero-order valence-electron chi connectivity index (χ0n) is 77.8. The molecular weight excluding hydrogens is 1610 g/mol. The molecule has 0 saturated carbocycles. The minimum absolute atomic E-state index is 1.26. The average Bonchev–Trinajstić information content (AvgIpc) is 0.765. The van der Waals surface area contributed by atoms with E-state index in [1.165, 1.54) is 209 Å². The van der Waals surface area contributed by atoms with Gasteiger partial charge in [0.1, 0.15) is 0 Å². The number of rotatable bonds is 9. The minimum atomic E-state index is 1.26. The third-order valence-corrected chi connectivity index (χ3v) is 24.4. The van der Waals surface area contributed by atoms with Crippen molar-refractivity contribution in [2.75, 3.05) is 0 Å². The molecule has 0 radical (unpaired) electrons. The summed E-state index contributed by atoms with van der Waals surface area (Å²) in [5.74, 6) is 0. The van der Waals surface area contributed by atoms with E-state index in [-0.39, 0.29) is 0 Å². The van der Waals surface area contributed by atoms with Crippen LogP contribution in [0.5, 0.6) is 0 Å². The Hall–Kier alpha value is -16.4. The summed E-state index contributed by atoms with van der Waals surface area (Å²) >= 11 is 0. The van der Waals surface area contributed by atoms with Crippen LogP contribution >= 0.6 is 0 Å². The van der Waals surface area contributed by atoms with Crippen LogP contribution in [-0.2, 0) is 0 Å². The van der Waals surface area contributed by atoms with Crippen LogP contribution in [0, 0.1) is 55.4 Å². The van der Waals surface area contributed by atoms with Crippen molar-refractivity contribution in [3.63, 3.8) is 0 Å². The Bertz CT molecular complexity index is 7720. The van der Waals surface area contributed by atoms with E-state index < -0.39 is 0 Å². The van der Waals surface area contributed by atoms with Crippen molar-refractivity contribution >= 4 is 64.6 Å². The van der Waals surface area contributed by atoms with Crippen molar-refractivity contribution < 1.29 is 0 Å². The maximum Gasteiger partial charge on any atom is -0.00989 e. The van der Waals surface area contributed by atoms with Gasteiger partial charge in [0.25, 0.3) is 0 Å². The van der Waals surface area contributed by atoms with Gasteiger partial charge in [-0.15, -0.1) is 0 Å². The molecule has 0 atom stereocenters. The first-order valence-electron chi connectivity index (χ1n) is 46.4. The highest BCUT2D eigenvalue weighted by Gasteiger charge is 2.12. The first-order valence-corrected chi connectivity index (χ1v) is 46.4. The van der Waals surface area contributed by atoms with Gasteiger partial charge in [-0.1, -0.05) is 549 Å². The zero-order valence-corrected chi connectivity index (χ0v) is 77.8. The third-order valence-electron chi connectivity index (χ3n) is 24.4. The fourth-order valence-electron chi connectivity index (χ4n) is 17.1. The number of aryl methyl sites for hydroxylation is 8. The smallest absolute Gasteiger partial charge is 0.00989 e. The molecule has 0 aliphatic rings. The van der Waals surface area contributed by atoms with Gasteiger partial charge in [0.2, 0.25) is 0 Å². The fourth-order valence-corrected chi connectivity index (χ4v) is 17.1. The quantitative estimate of drug-likeness (QED) is 0.126. The van der Waals surface area contributed by atoms with Crippen LogP contribution in [0.15, 0.2) is 534 Å². The van der Waals surface area contributed by atoms with Crippen molar-refractivity contribution in [3.8, 4) is 100 Å². The van der Waals surface area contributed by atoms with Gasteiger partial charge in [-0.3, -0.25) is 0 Å². The Morgan fingerprint density at radius 2 is 0.351 bits per heavy atom. The lowest BCUT2D eigenvalue weighted by molar-refractivity contribution is 1.46. The van der Waals surface area contributed by atoms with Crippen LogP contribution in [0.4, 0.5) is 0 Å². The van der Waals surface area contributed by atoms with E-state index >= 15 is 0 Å². The lowest BCUT2D eigenvalue weighted by Crippen LogP contribution is -1.85. The Balaban J connectivity index is 0.000000112. The summed E-state index contributed by atoms with van der Waals surface area (Å²) in [5, 5.41) is 15.7. The highest BCUT2D eigenvalue weighted by Crippen LogP contribution is 2.39. The molecule has 23 aromatic carbocycles. The molecule has 23 rings (SSSR count). The second kappa shape index (κ2) is 45.2. The van der Waals surface area contributed by atoms with Gasteiger partial charge in [-0.2, -0.15) is 0 Å². The number of fused-ring (bicyclic) bond motifs is 8. The van der Waals surface area contributed by atoms with Crippen LogP contribution in [0.1, 0.15) is 44.5 Å². The summed E-state index contributed by atoms with van der Waals surface area (Å²) in [6.07, 6.45) is 0. The summed E-state index contributed by atoms with van der Waals surface area (Å²) in [6, 6.07) is 189. The van der Waals surface area contributed by atoms with Crippen molar-refractivity contribution in [1.82, 2.24) is 0 Å². The predicted octanol–water partition coefficient (Wildman–Crippen LogP) is 37.9. The molecule has 0 aliphatic carbocycles. The predicted molar refractivity (Wildman–Crippen MR) is 583 cm³/mol. The van der Waals surface area contributed by atoms with Gasteiger partial charge in [0, 0.05) is 0 Å². The number of hydrogen-bond donors (Lipinski definition) is 0. The number of benzene rings is 23. The van der Waals surface area contributed by atoms with Crippen LogP contribution < -0.4 is 0 Å². The normalized spacial score (nSPS) is 10.5. The summed E-state index contributed by atoms with van der Waals surface area (Å²) < 4.78 is 0. The van der Waals surface area contributed by atoms with Gasteiger partial charge in [-0.25, -0.2) is 0 Å². The standard InChI is InChI=1S/2C21H16.C19H16.2C17H14.3C13H12/c1-15-7-6-9-16(13-15)21-14-17-8-2-3-10-18(17)19-11-4-5-12-20(19)21;1-15-10-12-16(13-11-15)21-14-17-6-2-3-7-18(17)19-8-4-5-9-20(19)21;1-15-10-12-17(13-11-15)19-9-5-8-18(14-19)16-6-3-2-4-7-16;1-13-9-11-15(12-10-13)17-8-4-6-14-5-2-3-7-16(14)17;1-13-6-8-15(9-7-13)17-11-10-14-4-2-3-5-16(14)12-17;1-11-7-5-6-10-13(11)12-8-3-2-4-9-12;1-11-6-5-9-13(10-11)12-7-3-2-4-8-12;1-11-7-9-13(10-8-11)12-5-3-2-4-6-12/h2*2-14H,1H3;2-14H,1H3;2*2-12H,1H3;3*2-10H,1H3. The third kappa shape index (κ3) is 24.0. The van der Waals surface area contributed by atoms with Gasteiger partial charge in [0.15, 0.2) is 0 Å². The van der Waals surface area contributed by atoms with E-state index in [0.717, 1.165) is 0 Å². The topological polar surface area (TPSA) is 0 Å². The van der Waals surface area contributed by atoms with Gasteiger partial charge in [-0.05, 0) is 250 Å². The summed E-state index contributed by atoms with van der Waals surface area (Å²) in [5.41, 5.74) is 33.6. The molecule has 648 valence electrons. The molecule has 0 nitrogen and oxygen atoms in total. The SMILES string of the molecule is Cc1ccc(-c2cc3ccccc3c3ccccc23)cc1.Cc1ccc(-c2ccc3ccccc3c2)cc1.Cc1ccc(-c2cccc(-c3ccccc3)c2)cc1.Cc1ccc(-c2cccc3ccccc23)cc1.Cc1ccc(-c2ccccc2)cc1.Cc1cccc(-c2cc3ccccc3c3ccccc23)c1.Cc1cccc(-c2ccccc2)c1.Cc1ccccc1-c1ccccc1. The first kappa shape index (κ1) is 91.0. The Morgan fingerprint density at radius 3 is 0.799 bits per heavy atom.